The van der Waals surface area contributed by atoms with E-state index in [-0.39, 0.29) is 36.2 Å². The first-order valence-corrected chi connectivity index (χ1v) is 8.51. The van der Waals surface area contributed by atoms with E-state index in [2.05, 4.69) is 0 Å². The van der Waals surface area contributed by atoms with Crippen LogP contribution in [0.1, 0.15) is 31.2 Å². The molecule has 132 valence electrons. The molecule has 5 nitrogen and oxygen atoms in total. The van der Waals surface area contributed by atoms with Crippen molar-refractivity contribution in [1.82, 2.24) is 9.80 Å². The van der Waals surface area contributed by atoms with Gasteiger partial charge in [0.25, 0.3) is 0 Å². The zero-order chi connectivity index (χ0) is 16.2. The highest BCUT2D eigenvalue weighted by Crippen LogP contribution is 2.25. The van der Waals surface area contributed by atoms with Gasteiger partial charge in [0.1, 0.15) is 0 Å². The van der Waals surface area contributed by atoms with Crippen molar-refractivity contribution in [3.05, 3.63) is 35.9 Å². The number of amides is 2. The highest BCUT2D eigenvalue weighted by Gasteiger charge is 2.38. The lowest BCUT2D eigenvalue weighted by Crippen LogP contribution is -2.50. The van der Waals surface area contributed by atoms with Crippen molar-refractivity contribution in [3.8, 4) is 0 Å². The number of benzene rings is 1. The van der Waals surface area contributed by atoms with Gasteiger partial charge in [0.2, 0.25) is 11.8 Å². The quantitative estimate of drug-likeness (QED) is 0.899. The van der Waals surface area contributed by atoms with Crippen LogP contribution in [-0.2, 0) is 16.1 Å². The van der Waals surface area contributed by atoms with Crippen LogP contribution in [0.3, 0.4) is 0 Å². The zero-order valence-electron chi connectivity index (χ0n) is 13.9. The Morgan fingerprint density at radius 1 is 1.21 bits per heavy atom. The molecule has 3 rings (SSSR count). The lowest BCUT2D eigenvalue weighted by atomic mass is 9.98. The van der Waals surface area contributed by atoms with E-state index in [4.69, 9.17) is 5.73 Å². The molecule has 2 aliphatic rings. The summed E-state index contributed by atoms with van der Waals surface area (Å²) in [6, 6.07) is 10.1. The molecule has 2 atom stereocenters. The second-order valence-corrected chi connectivity index (χ2v) is 6.58. The molecule has 2 aliphatic heterocycles. The van der Waals surface area contributed by atoms with Crippen molar-refractivity contribution in [2.75, 3.05) is 19.6 Å². The maximum absolute atomic E-state index is 12.8. The molecule has 2 heterocycles. The summed E-state index contributed by atoms with van der Waals surface area (Å²) in [6.45, 7) is 2.41. The van der Waals surface area contributed by atoms with E-state index >= 15 is 0 Å². The maximum Gasteiger partial charge on any atom is 0.228 e. The van der Waals surface area contributed by atoms with Crippen LogP contribution in [-0.4, -0.2) is 47.3 Å². The molecule has 2 fully saturated rings. The number of carbonyl (C=O) groups is 2. The highest BCUT2D eigenvalue weighted by atomic mass is 35.5. The van der Waals surface area contributed by atoms with Crippen molar-refractivity contribution in [2.24, 2.45) is 11.7 Å². The van der Waals surface area contributed by atoms with Crippen LogP contribution in [0.25, 0.3) is 0 Å². The summed E-state index contributed by atoms with van der Waals surface area (Å²) in [4.78, 5) is 28.8. The number of likely N-dealkylation sites (tertiary alicyclic amines) is 2. The van der Waals surface area contributed by atoms with E-state index in [0.29, 0.717) is 26.1 Å². The second kappa shape index (κ2) is 8.49. The van der Waals surface area contributed by atoms with Crippen LogP contribution in [0.15, 0.2) is 30.3 Å². The normalized spacial score (nSPS) is 24.0. The first-order valence-electron chi connectivity index (χ1n) is 8.51. The molecule has 1 aromatic carbocycles. The van der Waals surface area contributed by atoms with E-state index in [1.165, 1.54) is 0 Å². The first kappa shape index (κ1) is 18.7. The van der Waals surface area contributed by atoms with Crippen LogP contribution in [0.5, 0.6) is 0 Å². The topological polar surface area (TPSA) is 66.6 Å². The SMILES string of the molecule is Cl.NCC1CCCCN1C(=O)C1CC(=O)N(Cc2ccccc2)C1. The number of carbonyl (C=O) groups excluding carboxylic acids is 2. The summed E-state index contributed by atoms with van der Waals surface area (Å²) in [7, 11) is 0. The average molecular weight is 352 g/mol. The lowest BCUT2D eigenvalue weighted by Gasteiger charge is -2.36. The Bertz CT molecular complexity index is 567. The highest BCUT2D eigenvalue weighted by molar-refractivity contribution is 5.89. The van der Waals surface area contributed by atoms with Gasteiger partial charge in [-0.25, -0.2) is 0 Å². The fraction of sp³-hybridized carbons (Fsp3) is 0.556. The van der Waals surface area contributed by atoms with Crippen LogP contribution in [0, 0.1) is 5.92 Å². The Labute approximate surface area is 149 Å². The van der Waals surface area contributed by atoms with Gasteiger partial charge in [-0.05, 0) is 24.8 Å². The van der Waals surface area contributed by atoms with E-state index in [9.17, 15) is 9.59 Å². The Hall–Kier alpha value is -1.59. The van der Waals surface area contributed by atoms with Crippen molar-refractivity contribution < 1.29 is 9.59 Å². The molecule has 2 amide bonds. The predicted octanol–water partition coefficient (Wildman–Crippen LogP) is 1.80. The summed E-state index contributed by atoms with van der Waals surface area (Å²) in [5, 5.41) is 0. The summed E-state index contributed by atoms with van der Waals surface area (Å²) in [6.07, 6.45) is 3.49. The predicted molar refractivity (Wildman–Crippen MR) is 95.6 cm³/mol. The van der Waals surface area contributed by atoms with E-state index < -0.39 is 0 Å². The van der Waals surface area contributed by atoms with E-state index in [0.717, 1.165) is 31.4 Å². The number of piperidine rings is 1. The fourth-order valence-electron chi connectivity index (χ4n) is 3.66. The number of hydrogen-bond acceptors (Lipinski definition) is 3. The summed E-state index contributed by atoms with van der Waals surface area (Å²) in [5.41, 5.74) is 6.92. The fourth-order valence-corrected chi connectivity index (χ4v) is 3.66. The van der Waals surface area contributed by atoms with Gasteiger partial charge in [0.15, 0.2) is 0 Å². The summed E-state index contributed by atoms with van der Waals surface area (Å²) >= 11 is 0. The first-order chi connectivity index (χ1) is 11.2. The van der Waals surface area contributed by atoms with E-state index in [1.54, 1.807) is 4.90 Å². The molecule has 2 saturated heterocycles. The molecule has 24 heavy (non-hydrogen) atoms. The largest absolute Gasteiger partial charge is 0.338 e. The van der Waals surface area contributed by atoms with Crippen molar-refractivity contribution >= 4 is 24.2 Å². The molecule has 2 N–H and O–H groups in total. The Kier molecular flexibility index (Phi) is 6.63. The molecular weight excluding hydrogens is 326 g/mol. The Morgan fingerprint density at radius 2 is 1.96 bits per heavy atom. The molecule has 6 heteroatoms. The minimum Gasteiger partial charge on any atom is -0.338 e. The van der Waals surface area contributed by atoms with Gasteiger partial charge in [0.05, 0.1) is 5.92 Å². The van der Waals surface area contributed by atoms with Crippen LogP contribution in [0.4, 0.5) is 0 Å². The van der Waals surface area contributed by atoms with Gasteiger partial charge < -0.3 is 15.5 Å². The number of rotatable bonds is 4. The van der Waals surface area contributed by atoms with Crippen LogP contribution < -0.4 is 5.73 Å². The summed E-state index contributed by atoms with van der Waals surface area (Å²) in [5.74, 6) is -0.0177. The molecule has 1 aromatic rings. The molecule has 2 unspecified atom stereocenters. The van der Waals surface area contributed by atoms with Crippen molar-refractivity contribution in [3.63, 3.8) is 0 Å². The van der Waals surface area contributed by atoms with Gasteiger partial charge in [-0.15, -0.1) is 12.4 Å². The van der Waals surface area contributed by atoms with E-state index in [1.807, 2.05) is 35.2 Å². The van der Waals surface area contributed by atoms with Crippen molar-refractivity contribution in [1.29, 1.82) is 0 Å². The number of nitrogens with zero attached hydrogens (tertiary/aromatic N) is 2. The van der Waals surface area contributed by atoms with Gasteiger partial charge in [-0.2, -0.15) is 0 Å². The average Bonchev–Trinajstić information content (AvgIpc) is 2.96. The van der Waals surface area contributed by atoms with Gasteiger partial charge in [0, 0.05) is 38.6 Å². The third-order valence-corrected chi connectivity index (χ3v) is 4.96. The number of halogens is 1. The number of nitrogens with two attached hydrogens (primary N) is 1. The molecule has 0 spiro atoms. The minimum atomic E-state index is -0.210. The molecule has 0 aromatic heterocycles. The third-order valence-electron chi connectivity index (χ3n) is 4.96. The number of hydrogen-bond donors (Lipinski definition) is 1. The molecule has 0 aliphatic carbocycles. The van der Waals surface area contributed by atoms with Gasteiger partial charge in [-0.3, -0.25) is 9.59 Å². The monoisotopic (exact) mass is 351 g/mol. The minimum absolute atomic E-state index is 0. The Morgan fingerprint density at radius 3 is 2.67 bits per heavy atom. The lowest BCUT2D eigenvalue weighted by molar-refractivity contribution is -0.139. The molecule has 0 bridgehead atoms. The zero-order valence-corrected chi connectivity index (χ0v) is 14.7. The molecular formula is C18H26ClN3O2. The molecule has 0 saturated carbocycles. The van der Waals surface area contributed by atoms with Crippen LogP contribution >= 0.6 is 12.4 Å². The smallest absolute Gasteiger partial charge is 0.228 e. The van der Waals surface area contributed by atoms with Gasteiger partial charge in [-0.1, -0.05) is 30.3 Å². The third kappa shape index (κ3) is 4.08. The summed E-state index contributed by atoms with van der Waals surface area (Å²) < 4.78 is 0. The van der Waals surface area contributed by atoms with Gasteiger partial charge >= 0.3 is 0 Å². The van der Waals surface area contributed by atoms with Crippen LogP contribution in [0.2, 0.25) is 0 Å². The maximum atomic E-state index is 12.8. The second-order valence-electron chi connectivity index (χ2n) is 6.58. The molecule has 0 radical (unpaired) electrons. The Balaban J connectivity index is 0.00000208. The van der Waals surface area contributed by atoms with Crippen molar-refractivity contribution in [2.45, 2.75) is 38.3 Å². The standard InChI is InChI=1S/C18H25N3O2.ClH/c19-11-16-8-4-5-9-21(16)18(23)15-10-17(22)20(13-15)12-14-6-2-1-3-7-14;/h1-3,6-7,15-16H,4-5,8-13,19H2;1H.